The lowest BCUT2D eigenvalue weighted by Crippen LogP contribution is -2.42. The monoisotopic (exact) mass is 500 g/mol. The van der Waals surface area contributed by atoms with Gasteiger partial charge in [0.2, 0.25) is 11.8 Å². The molecule has 7 heteroatoms. The molecule has 1 saturated carbocycles. The van der Waals surface area contributed by atoms with Crippen LogP contribution in [0.4, 0.5) is 0 Å². The molecule has 2 fully saturated rings. The molecule has 2 aliphatic carbocycles. The van der Waals surface area contributed by atoms with Crippen LogP contribution in [0.1, 0.15) is 69.8 Å². The van der Waals surface area contributed by atoms with Gasteiger partial charge in [-0.1, -0.05) is 55.5 Å². The number of fused-ring (bicyclic) bond motifs is 1. The van der Waals surface area contributed by atoms with Gasteiger partial charge in [0.25, 0.3) is 0 Å². The number of methoxy groups -OCH3 is 1. The van der Waals surface area contributed by atoms with Crippen molar-refractivity contribution in [1.29, 1.82) is 0 Å². The number of rotatable bonds is 8. The van der Waals surface area contributed by atoms with E-state index in [0.29, 0.717) is 36.9 Å². The smallest absolute Gasteiger partial charge is 0.318 e. The Hall–Kier alpha value is -2.34. The summed E-state index contributed by atoms with van der Waals surface area (Å²) in [5, 5.41) is 3.74. The molecule has 0 radical (unpaired) electrons. The van der Waals surface area contributed by atoms with E-state index in [2.05, 4.69) is 5.32 Å². The van der Waals surface area contributed by atoms with Crippen LogP contribution in [0.3, 0.4) is 0 Å². The molecule has 4 rings (SSSR count). The minimum Gasteiger partial charge on any atom is -0.468 e. The van der Waals surface area contributed by atoms with Crippen LogP contribution >= 0.6 is 11.6 Å². The number of carbonyl (C=O) groups is 3. The third-order valence-electron chi connectivity index (χ3n) is 8.06. The highest BCUT2D eigenvalue weighted by Crippen LogP contribution is 2.53. The lowest BCUT2D eigenvalue weighted by atomic mass is 9.71. The average molecular weight is 501 g/mol. The Morgan fingerprint density at radius 1 is 1.11 bits per heavy atom. The standard InChI is InChI=1S/C28H37ClN2O4/c1-35-27(34)28-16-7-3-6-10-24(28)31(17-15-20-11-13-22(29)14-12-20)26(33)23(28)18-25(32)30-19-21-8-4-2-5-9-21/h10-14,21,23H,2-9,15-19H2,1H3,(H,30,32)/t23-,28-/m1/s1. The number of halogens is 1. The summed E-state index contributed by atoms with van der Waals surface area (Å²) < 4.78 is 5.28. The molecule has 35 heavy (non-hydrogen) atoms. The minimum absolute atomic E-state index is 0.00936. The molecule has 1 aromatic carbocycles. The molecule has 6 nitrogen and oxygen atoms in total. The van der Waals surface area contributed by atoms with E-state index in [1.807, 2.05) is 30.3 Å². The molecule has 1 aliphatic heterocycles. The number of nitrogens with one attached hydrogen (secondary N) is 1. The fourth-order valence-corrected chi connectivity index (χ4v) is 6.27. The lowest BCUT2D eigenvalue weighted by molar-refractivity contribution is -0.155. The first-order chi connectivity index (χ1) is 17.0. The fraction of sp³-hybridized carbons (Fsp3) is 0.607. The maximum atomic E-state index is 13.8. The van der Waals surface area contributed by atoms with Crippen molar-refractivity contribution in [3.05, 3.63) is 46.6 Å². The van der Waals surface area contributed by atoms with Gasteiger partial charge in [-0.3, -0.25) is 14.4 Å². The molecule has 3 aliphatic rings. The highest BCUT2D eigenvalue weighted by molar-refractivity contribution is 6.30. The maximum Gasteiger partial charge on any atom is 0.318 e. The van der Waals surface area contributed by atoms with E-state index in [9.17, 15) is 14.4 Å². The van der Waals surface area contributed by atoms with Gasteiger partial charge in [-0.25, -0.2) is 0 Å². The highest BCUT2D eigenvalue weighted by Gasteiger charge is 2.61. The Bertz CT molecular complexity index is 954. The predicted octanol–water partition coefficient (Wildman–Crippen LogP) is 5.04. The van der Waals surface area contributed by atoms with Crippen LogP contribution in [0, 0.1) is 17.3 Å². The van der Waals surface area contributed by atoms with Gasteiger partial charge in [-0.2, -0.15) is 0 Å². The zero-order chi connectivity index (χ0) is 24.8. The summed E-state index contributed by atoms with van der Waals surface area (Å²) in [6, 6.07) is 7.58. The van der Waals surface area contributed by atoms with E-state index in [1.54, 1.807) is 4.90 Å². The van der Waals surface area contributed by atoms with E-state index in [0.717, 1.165) is 43.4 Å². The van der Waals surface area contributed by atoms with Crippen LogP contribution in [0.2, 0.25) is 5.02 Å². The Morgan fingerprint density at radius 2 is 1.86 bits per heavy atom. The Labute approximate surface area is 213 Å². The van der Waals surface area contributed by atoms with Crippen molar-refractivity contribution >= 4 is 29.4 Å². The summed E-state index contributed by atoms with van der Waals surface area (Å²) in [7, 11) is 1.38. The maximum absolute atomic E-state index is 13.8. The second kappa shape index (κ2) is 11.6. The number of hydrogen-bond acceptors (Lipinski definition) is 4. The summed E-state index contributed by atoms with van der Waals surface area (Å²) in [5.74, 6) is -0.939. The van der Waals surface area contributed by atoms with Crippen LogP contribution < -0.4 is 5.32 Å². The van der Waals surface area contributed by atoms with E-state index in [1.165, 1.54) is 26.4 Å². The molecule has 1 heterocycles. The molecule has 190 valence electrons. The zero-order valence-electron chi connectivity index (χ0n) is 20.7. The van der Waals surface area contributed by atoms with Crippen molar-refractivity contribution < 1.29 is 19.1 Å². The average Bonchev–Trinajstić information content (AvgIpc) is 3.00. The van der Waals surface area contributed by atoms with Gasteiger partial charge >= 0.3 is 5.97 Å². The van der Waals surface area contributed by atoms with Crippen LogP contribution in [0.15, 0.2) is 36.0 Å². The second-order valence-corrected chi connectivity index (χ2v) is 10.7. The molecule has 1 N–H and O–H groups in total. The van der Waals surface area contributed by atoms with E-state index >= 15 is 0 Å². The first-order valence-corrected chi connectivity index (χ1v) is 13.4. The number of carbonyl (C=O) groups excluding carboxylic acids is 3. The van der Waals surface area contributed by atoms with Crippen LogP contribution in [0.5, 0.6) is 0 Å². The Morgan fingerprint density at radius 3 is 2.57 bits per heavy atom. The molecule has 0 bridgehead atoms. The van der Waals surface area contributed by atoms with Crippen molar-refractivity contribution in [1.82, 2.24) is 10.2 Å². The van der Waals surface area contributed by atoms with E-state index < -0.39 is 17.3 Å². The molecule has 0 aromatic heterocycles. The number of ether oxygens (including phenoxy) is 1. The molecule has 0 unspecified atom stereocenters. The Kier molecular flexibility index (Phi) is 8.53. The largest absolute Gasteiger partial charge is 0.468 e. The van der Waals surface area contributed by atoms with Gasteiger partial charge in [0.15, 0.2) is 0 Å². The molecule has 1 aromatic rings. The number of amides is 2. The number of allylic oxidation sites excluding steroid dienone is 1. The van der Waals surface area contributed by atoms with Gasteiger partial charge in [0.1, 0.15) is 5.41 Å². The van der Waals surface area contributed by atoms with Gasteiger partial charge in [-0.15, -0.1) is 0 Å². The zero-order valence-corrected chi connectivity index (χ0v) is 21.4. The first kappa shape index (κ1) is 25.7. The number of likely N-dealkylation sites (tertiary alicyclic amines) is 1. The van der Waals surface area contributed by atoms with Crippen LogP contribution in [-0.4, -0.2) is 42.9 Å². The van der Waals surface area contributed by atoms with Crippen molar-refractivity contribution in [3.63, 3.8) is 0 Å². The van der Waals surface area contributed by atoms with Crippen molar-refractivity contribution in [2.75, 3.05) is 20.2 Å². The van der Waals surface area contributed by atoms with E-state index in [4.69, 9.17) is 16.3 Å². The second-order valence-electron chi connectivity index (χ2n) is 10.2. The Balaban J connectivity index is 1.55. The van der Waals surface area contributed by atoms with Gasteiger partial charge < -0.3 is 15.0 Å². The first-order valence-electron chi connectivity index (χ1n) is 13.1. The van der Waals surface area contributed by atoms with Crippen molar-refractivity contribution in [3.8, 4) is 0 Å². The normalized spacial score (nSPS) is 25.0. The summed E-state index contributed by atoms with van der Waals surface area (Å²) in [4.78, 5) is 41.9. The third kappa shape index (κ3) is 5.58. The third-order valence-corrected chi connectivity index (χ3v) is 8.31. The number of hydrogen-bond donors (Lipinski definition) is 1. The molecule has 0 spiro atoms. The molecular weight excluding hydrogens is 464 g/mol. The quantitative estimate of drug-likeness (QED) is 0.507. The van der Waals surface area contributed by atoms with Gasteiger partial charge in [-0.05, 0) is 62.1 Å². The van der Waals surface area contributed by atoms with Gasteiger partial charge in [0, 0.05) is 30.2 Å². The van der Waals surface area contributed by atoms with Crippen LogP contribution in [-0.2, 0) is 25.5 Å². The SMILES string of the molecule is COC(=O)[C@@]12CCCCC=C1N(CCc1ccc(Cl)cc1)C(=O)[C@H]2CC(=O)NCC1CCCCC1. The lowest BCUT2D eigenvalue weighted by Gasteiger charge is -2.31. The van der Waals surface area contributed by atoms with Gasteiger partial charge in [0.05, 0.1) is 13.0 Å². The van der Waals surface area contributed by atoms with Crippen molar-refractivity contribution in [2.45, 2.75) is 70.6 Å². The number of benzene rings is 1. The summed E-state index contributed by atoms with van der Waals surface area (Å²) in [5.41, 5.74) is 0.699. The predicted molar refractivity (Wildman–Crippen MR) is 136 cm³/mol. The molecule has 2 atom stereocenters. The summed E-state index contributed by atoms with van der Waals surface area (Å²) in [6.45, 7) is 1.10. The van der Waals surface area contributed by atoms with E-state index in [-0.39, 0.29) is 18.2 Å². The minimum atomic E-state index is -1.09. The molecule has 2 amide bonds. The molecule has 1 saturated heterocycles. The fourth-order valence-electron chi connectivity index (χ4n) is 6.14. The number of nitrogens with zero attached hydrogens (tertiary/aromatic N) is 1. The summed E-state index contributed by atoms with van der Waals surface area (Å²) >= 11 is 6.02. The molecular formula is C28H37ClN2O4. The summed E-state index contributed by atoms with van der Waals surface area (Å²) in [6.07, 6.45) is 11.7. The van der Waals surface area contributed by atoms with Crippen molar-refractivity contribution in [2.24, 2.45) is 17.3 Å². The topological polar surface area (TPSA) is 75.7 Å². The highest BCUT2D eigenvalue weighted by atomic mass is 35.5. The van der Waals surface area contributed by atoms with Crippen LogP contribution in [0.25, 0.3) is 0 Å². The number of esters is 1.